The van der Waals surface area contributed by atoms with E-state index in [1.165, 1.54) is 6.07 Å². The van der Waals surface area contributed by atoms with Crippen LogP contribution in [0.3, 0.4) is 0 Å². The minimum Gasteiger partial charge on any atom is -0.488 e. The van der Waals surface area contributed by atoms with Gasteiger partial charge in [0.25, 0.3) is 5.69 Å². The van der Waals surface area contributed by atoms with E-state index in [1.807, 2.05) is 44.2 Å². The van der Waals surface area contributed by atoms with Crippen LogP contribution >= 0.6 is 0 Å². The molecule has 0 heterocycles. The molecule has 0 aliphatic carbocycles. The zero-order chi connectivity index (χ0) is 13.8. The van der Waals surface area contributed by atoms with Gasteiger partial charge in [0.2, 0.25) is 0 Å². The smallest absolute Gasteiger partial charge is 0.276 e. The number of nitro benzene ring substituents is 1. The third-order valence-corrected chi connectivity index (χ3v) is 3.05. The van der Waals surface area contributed by atoms with E-state index < -0.39 is 0 Å². The Bertz CT molecular complexity index is 608. The minimum absolute atomic E-state index is 0.105. The SMILES string of the molecule is Cc1ccccc1OCc1c(C)cccc1[N+](=O)[O-]. The molecule has 0 unspecified atom stereocenters. The average Bonchev–Trinajstić information content (AvgIpc) is 2.38. The van der Waals surface area contributed by atoms with Crippen LogP contribution in [0.4, 0.5) is 5.69 Å². The van der Waals surface area contributed by atoms with Crippen molar-refractivity contribution in [1.29, 1.82) is 0 Å². The molecule has 0 saturated carbocycles. The Morgan fingerprint density at radius 2 is 1.74 bits per heavy atom. The number of aryl methyl sites for hydroxylation is 2. The molecule has 4 heteroatoms. The number of rotatable bonds is 4. The lowest BCUT2D eigenvalue weighted by atomic mass is 10.1. The molecule has 0 aliphatic heterocycles. The summed E-state index contributed by atoms with van der Waals surface area (Å²) in [6.07, 6.45) is 0. The van der Waals surface area contributed by atoms with Crippen LogP contribution in [0.5, 0.6) is 5.75 Å². The third-order valence-electron chi connectivity index (χ3n) is 3.05. The summed E-state index contributed by atoms with van der Waals surface area (Å²) in [4.78, 5) is 10.6. The quantitative estimate of drug-likeness (QED) is 0.618. The van der Waals surface area contributed by atoms with Crippen molar-refractivity contribution in [2.24, 2.45) is 0 Å². The molecule has 0 aliphatic rings. The highest BCUT2D eigenvalue weighted by Gasteiger charge is 2.16. The molecule has 0 spiro atoms. The molecular formula is C15H15NO3. The van der Waals surface area contributed by atoms with E-state index in [-0.39, 0.29) is 17.2 Å². The van der Waals surface area contributed by atoms with E-state index in [0.29, 0.717) is 5.56 Å². The van der Waals surface area contributed by atoms with Gasteiger partial charge in [-0.05, 0) is 31.0 Å². The van der Waals surface area contributed by atoms with Crippen molar-refractivity contribution in [3.05, 3.63) is 69.3 Å². The lowest BCUT2D eigenvalue weighted by Gasteiger charge is -2.10. The second-order valence-corrected chi connectivity index (χ2v) is 4.38. The molecule has 2 aromatic carbocycles. The number of nitrogens with zero attached hydrogens (tertiary/aromatic N) is 1. The van der Waals surface area contributed by atoms with Gasteiger partial charge in [-0.25, -0.2) is 0 Å². The van der Waals surface area contributed by atoms with Gasteiger partial charge in [0.05, 0.1) is 10.5 Å². The predicted molar refractivity (Wildman–Crippen MR) is 73.3 cm³/mol. The van der Waals surface area contributed by atoms with Gasteiger partial charge in [-0.2, -0.15) is 0 Å². The van der Waals surface area contributed by atoms with Crippen molar-refractivity contribution in [3.63, 3.8) is 0 Å². The molecule has 0 aromatic heterocycles. The van der Waals surface area contributed by atoms with Gasteiger partial charge in [0.1, 0.15) is 12.4 Å². The van der Waals surface area contributed by atoms with Crippen LogP contribution in [0.1, 0.15) is 16.7 Å². The van der Waals surface area contributed by atoms with Crippen molar-refractivity contribution in [3.8, 4) is 5.75 Å². The van der Waals surface area contributed by atoms with Crippen molar-refractivity contribution in [2.45, 2.75) is 20.5 Å². The maximum Gasteiger partial charge on any atom is 0.276 e. The molecule has 4 nitrogen and oxygen atoms in total. The summed E-state index contributed by atoms with van der Waals surface area (Å²) in [5.74, 6) is 0.750. The molecule has 0 N–H and O–H groups in total. The van der Waals surface area contributed by atoms with Gasteiger partial charge in [-0.1, -0.05) is 30.3 Å². The van der Waals surface area contributed by atoms with Crippen LogP contribution in [0.2, 0.25) is 0 Å². The Hall–Kier alpha value is -2.36. The number of benzene rings is 2. The summed E-state index contributed by atoms with van der Waals surface area (Å²) in [6.45, 7) is 4.00. The minimum atomic E-state index is -0.371. The second kappa shape index (κ2) is 5.52. The maximum absolute atomic E-state index is 11.0. The molecule has 19 heavy (non-hydrogen) atoms. The molecule has 0 saturated heterocycles. The third kappa shape index (κ3) is 2.91. The standard InChI is InChI=1S/C15H15NO3/c1-11-7-5-8-14(16(17)18)13(11)10-19-15-9-4-3-6-12(15)2/h3-9H,10H2,1-2H3. The first-order valence-electron chi connectivity index (χ1n) is 6.01. The summed E-state index contributed by atoms with van der Waals surface area (Å²) in [5, 5.41) is 11.0. The summed E-state index contributed by atoms with van der Waals surface area (Å²) in [7, 11) is 0. The fourth-order valence-electron chi connectivity index (χ4n) is 1.91. The largest absolute Gasteiger partial charge is 0.488 e. The summed E-state index contributed by atoms with van der Waals surface area (Å²) in [6, 6.07) is 12.7. The number of nitro groups is 1. The molecule has 2 aromatic rings. The molecule has 0 fully saturated rings. The second-order valence-electron chi connectivity index (χ2n) is 4.38. The fraction of sp³-hybridized carbons (Fsp3) is 0.200. The van der Waals surface area contributed by atoms with Gasteiger partial charge in [0, 0.05) is 6.07 Å². The summed E-state index contributed by atoms with van der Waals surface area (Å²) >= 11 is 0. The number of hydrogen-bond donors (Lipinski definition) is 0. The number of para-hydroxylation sites is 1. The lowest BCUT2D eigenvalue weighted by Crippen LogP contribution is -2.03. The molecule has 0 bridgehead atoms. The van der Waals surface area contributed by atoms with Crippen molar-refractivity contribution < 1.29 is 9.66 Å². The molecular weight excluding hydrogens is 242 g/mol. The van der Waals surface area contributed by atoms with Crippen LogP contribution in [0.25, 0.3) is 0 Å². The lowest BCUT2D eigenvalue weighted by molar-refractivity contribution is -0.385. The van der Waals surface area contributed by atoms with E-state index >= 15 is 0 Å². The van der Waals surface area contributed by atoms with Gasteiger partial charge in [-0.15, -0.1) is 0 Å². The van der Waals surface area contributed by atoms with Crippen LogP contribution in [0, 0.1) is 24.0 Å². The maximum atomic E-state index is 11.0. The summed E-state index contributed by atoms with van der Waals surface area (Å²) < 4.78 is 5.69. The van der Waals surface area contributed by atoms with Crippen molar-refractivity contribution in [2.75, 3.05) is 0 Å². The highest BCUT2D eigenvalue weighted by atomic mass is 16.6. The molecule has 2 rings (SSSR count). The highest BCUT2D eigenvalue weighted by molar-refractivity contribution is 5.45. The van der Waals surface area contributed by atoms with Gasteiger partial charge in [0.15, 0.2) is 0 Å². The zero-order valence-electron chi connectivity index (χ0n) is 10.9. The van der Waals surface area contributed by atoms with Crippen LogP contribution < -0.4 is 4.74 Å². The highest BCUT2D eigenvalue weighted by Crippen LogP contribution is 2.25. The fourth-order valence-corrected chi connectivity index (χ4v) is 1.91. The Morgan fingerprint density at radius 3 is 2.42 bits per heavy atom. The zero-order valence-corrected chi connectivity index (χ0v) is 10.9. The van der Waals surface area contributed by atoms with Crippen molar-refractivity contribution >= 4 is 5.69 Å². The first-order valence-corrected chi connectivity index (χ1v) is 6.01. The normalized spacial score (nSPS) is 10.2. The average molecular weight is 257 g/mol. The predicted octanol–water partition coefficient (Wildman–Crippen LogP) is 3.79. The van der Waals surface area contributed by atoms with E-state index in [9.17, 15) is 10.1 Å². The molecule has 0 radical (unpaired) electrons. The van der Waals surface area contributed by atoms with Gasteiger partial charge in [-0.3, -0.25) is 10.1 Å². The summed E-state index contributed by atoms with van der Waals surface area (Å²) in [5.41, 5.74) is 2.60. The van der Waals surface area contributed by atoms with Gasteiger partial charge >= 0.3 is 0 Å². The van der Waals surface area contributed by atoms with Crippen LogP contribution in [-0.4, -0.2) is 4.92 Å². The van der Waals surface area contributed by atoms with Crippen LogP contribution in [0.15, 0.2) is 42.5 Å². The van der Waals surface area contributed by atoms with E-state index in [2.05, 4.69) is 0 Å². The van der Waals surface area contributed by atoms with E-state index in [0.717, 1.165) is 16.9 Å². The first kappa shape index (κ1) is 13.1. The van der Waals surface area contributed by atoms with E-state index in [4.69, 9.17) is 4.74 Å². The Morgan fingerprint density at radius 1 is 1.05 bits per heavy atom. The number of ether oxygens (including phenoxy) is 1. The molecule has 0 atom stereocenters. The van der Waals surface area contributed by atoms with Gasteiger partial charge < -0.3 is 4.74 Å². The Balaban J connectivity index is 2.25. The Kier molecular flexibility index (Phi) is 3.80. The van der Waals surface area contributed by atoms with Crippen LogP contribution in [-0.2, 0) is 6.61 Å². The van der Waals surface area contributed by atoms with Crippen molar-refractivity contribution in [1.82, 2.24) is 0 Å². The molecule has 0 amide bonds. The number of hydrogen-bond acceptors (Lipinski definition) is 3. The monoisotopic (exact) mass is 257 g/mol. The van der Waals surface area contributed by atoms with E-state index in [1.54, 1.807) is 6.07 Å². The molecule has 98 valence electrons. The topological polar surface area (TPSA) is 52.4 Å². The Labute approximate surface area is 111 Å². The first-order chi connectivity index (χ1) is 9.09.